The Morgan fingerprint density at radius 3 is 2.00 bits per heavy atom. The second kappa shape index (κ2) is 9.34. The second-order valence-electron chi connectivity index (χ2n) is 3.39. The first-order chi connectivity index (χ1) is 5.59. The van der Waals surface area contributed by atoms with Crippen LogP contribution in [0.25, 0.3) is 0 Å². The Bertz CT molecular complexity index is 121. The van der Waals surface area contributed by atoms with E-state index in [-0.39, 0.29) is 40.8 Å². The van der Waals surface area contributed by atoms with Crippen molar-refractivity contribution in [2.75, 3.05) is 13.2 Å². The summed E-state index contributed by atoms with van der Waals surface area (Å²) in [5, 5.41) is 0. The molecule has 0 aliphatic heterocycles. The first kappa shape index (κ1) is 16.2. The molecule has 0 atom stereocenters. The molecule has 0 bridgehead atoms. The molecular weight excluding hydrogens is 298 g/mol. The summed E-state index contributed by atoms with van der Waals surface area (Å²) in [6, 6.07) is 1.00. The van der Waals surface area contributed by atoms with Gasteiger partial charge in [0.25, 0.3) is 6.47 Å². The fraction of sp³-hybridized carbons (Fsp3) is 0.889. The zero-order chi connectivity index (χ0) is 9.56. The Morgan fingerprint density at radius 1 is 1.23 bits per heavy atom. The van der Waals surface area contributed by atoms with Crippen molar-refractivity contribution in [2.24, 2.45) is 0 Å². The number of hydrogen-bond donors (Lipinski definition) is 0. The molecule has 0 amide bonds. The van der Waals surface area contributed by atoms with Crippen molar-refractivity contribution in [2.45, 2.75) is 39.8 Å². The largest absolute Gasteiger partial charge is 0.467 e. The molecule has 0 N–H and O–H groups in total. The van der Waals surface area contributed by atoms with E-state index in [0.717, 1.165) is 6.54 Å². The molecule has 0 spiro atoms. The van der Waals surface area contributed by atoms with Crippen LogP contribution in [0.15, 0.2) is 0 Å². The molecule has 0 saturated heterocycles. The van der Waals surface area contributed by atoms with E-state index in [2.05, 4.69) is 37.3 Å². The number of ether oxygens (including phenoxy) is 1. The van der Waals surface area contributed by atoms with Crippen LogP contribution < -0.4 is 0 Å². The van der Waals surface area contributed by atoms with Gasteiger partial charge >= 0.3 is 0 Å². The smallest absolute Gasteiger partial charge is 0.293 e. The zero-order valence-electron chi connectivity index (χ0n) is 8.91. The van der Waals surface area contributed by atoms with Gasteiger partial charge in [-0.25, -0.2) is 0 Å². The summed E-state index contributed by atoms with van der Waals surface area (Å²) in [7, 11) is 0. The molecule has 0 radical (unpaired) electrons. The van der Waals surface area contributed by atoms with Gasteiger partial charge in [-0.2, -0.15) is 0 Å². The first-order valence-electron chi connectivity index (χ1n) is 4.40. The van der Waals surface area contributed by atoms with E-state index in [1.807, 2.05) is 0 Å². The van der Waals surface area contributed by atoms with Gasteiger partial charge in [-0.15, -0.1) is 0 Å². The van der Waals surface area contributed by atoms with Crippen LogP contribution in [0.4, 0.5) is 0 Å². The molecule has 0 fully saturated rings. The quantitative estimate of drug-likeness (QED) is 0.546. The van der Waals surface area contributed by atoms with Crippen LogP contribution in [-0.4, -0.2) is 36.6 Å². The topological polar surface area (TPSA) is 29.5 Å². The molecule has 0 aromatic carbocycles. The maximum absolute atomic E-state index is 9.89. The third kappa shape index (κ3) is 7.82. The van der Waals surface area contributed by atoms with Crippen LogP contribution in [0.3, 0.4) is 0 Å². The normalized spacial score (nSPS) is 10.4. The number of hydrogen-bond acceptors (Lipinski definition) is 3. The Morgan fingerprint density at radius 2 is 1.69 bits per heavy atom. The molecule has 0 aliphatic rings. The maximum atomic E-state index is 9.89. The van der Waals surface area contributed by atoms with E-state index in [1.54, 1.807) is 0 Å². The summed E-state index contributed by atoms with van der Waals surface area (Å²) >= 11 is 0. The van der Waals surface area contributed by atoms with Gasteiger partial charge in [-0.05, 0) is 27.7 Å². The van der Waals surface area contributed by atoms with Crippen molar-refractivity contribution in [3.8, 4) is 0 Å². The minimum atomic E-state index is 0. The maximum Gasteiger partial charge on any atom is 0.293 e. The number of carbonyl (C=O) groups is 1. The molecule has 0 rings (SSSR count). The predicted molar refractivity (Wildman–Crippen MR) is 49.0 cm³/mol. The SMILES string of the molecule is CC(C)N(CCOC=O)C(C)C.[Nd]. The van der Waals surface area contributed by atoms with E-state index >= 15 is 0 Å². The van der Waals surface area contributed by atoms with Gasteiger partial charge in [0.05, 0.1) is 0 Å². The Labute approximate surface area is 114 Å². The Balaban J connectivity index is 0. The fourth-order valence-corrected chi connectivity index (χ4v) is 1.32. The van der Waals surface area contributed by atoms with Crippen molar-refractivity contribution in [3.63, 3.8) is 0 Å². The minimum Gasteiger partial charge on any atom is -0.467 e. The van der Waals surface area contributed by atoms with Crippen molar-refractivity contribution >= 4 is 6.47 Å². The first-order valence-corrected chi connectivity index (χ1v) is 4.40. The minimum absolute atomic E-state index is 0. The average molecular weight is 317 g/mol. The van der Waals surface area contributed by atoms with E-state index in [4.69, 9.17) is 0 Å². The van der Waals surface area contributed by atoms with Crippen LogP contribution in [0.1, 0.15) is 27.7 Å². The number of rotatable bonds is 6. The van der Waals surface area contributed by atoms with E-state index in [9.17, 15) is 4.79 Å². The summed E-state index contributed by atoms with van der Waals surface area (Å²) in [6.07, 6.45) is 0. The summed E-state index contributed by atoms with van der Waals surface area (Å²) in [4.78, 5) is 12.2. The molecule has 0 unspecified atom stereocenters. The van der Waals surface area contributed by atoms with Crippen LogP contribution in [0.5, 0.6) is 0 Å². The van der Waals surface area contributed by atoms with Crippen LogP contribution in [0, 0.1) is 40.8 Å². The molecule has 76 valence electrons. The summed E-state index contributed by atoms with van der Waals surface area (Å²) in [5.74, 6) is 0. The van der Waals surface area contributed by atoms with E-state index < -0.39 is 0 Å². The third-order valence-electron chi connectivity index (χ3n) is 1.86. The Hall–Kier alpha value is 0.781. The van der Waals surface area contributed by atoms with E-state index in [0.29, 0.717) is 25.2 Å². The second-order valence-corrected chi connectivity index (χ2v) is 3.39. The number of carbonyl (C=O) groups excluding carboxylic acids is 1. The number of nitrogens with zero attached hydrogens (tertiary/aromatic N) is 1. The van der Waals surface area contributed by atoms with Gasteiger partial charge in [0.2, 0.25) is 0 Å². The third-order valence-corrected chi connectivity index (χ3v) is 1.86. The molecule has 0 saturated carbocycles. The molecule has 4 heteroatoms. The monoisotopic (exact) mass is 315 g/mol. The van der Waals surface area contributed by atoms with Gasteiger partial charge in [-0.3, -0.25) is 9.69 Å². The average Bonchev–Trinajstić information content (AvgIpc) is 1.96. The van der Waals surface area contributed by atoms with Crippen LogP contribution >= 0.6 is 0 Å². The molecule has 0 aromatic rings. The summed E-state index contributed by atoms with van der Waals surface area (Å²) in [6.45, 7) is 10.4. The van der Waals surface area contributed by atoms with Crippen LogP contribution in [0.2, 0.25) is 0 Å². The van der Waals surface area contributed by atoms with Gasteiger partial charge in [0.1, 0.15) is 6.61 Å². The van der Waals surface area contributed by atoms with Gasteiger partial charge in [0.15, 0.2) is 0 Å². The molecule has 3 nitrogen and oxygen atoms in total. The van der Waals surface area contributed by atoms with Crippen molar-refractivity contribution in [1.82, 2.24) is 4.90 Å². The standard InChI is InChI=1S/C9H19NO2.Nd/c1-8(2)10(9(3)4)5-6-12-7-11;/h7-9H,5-6H2,1-4H3;. The molecule has 0 heterocycles. The molecule has 0 aliphatic carbocycles. The predicted octanol–water partition coefficient (Wildman–Crippen LogP) is 1.28. The van der Waals surface area contributed by atoms with Crippen molar-refractivity contribution in [1.29, 1.82) is 0 Å². The Kier molecular flexibility index (Phi) is 11.7. The van der Waals surface area contributed by atoms with E-state index in [1.165, 1.54) is 0 Å². The molecule has 13 heavy (non-hydrogen) atoms. The van der Waals surface area contributed by atoms with Crippen LogP contribution in [-0.2, 0) is 9.53 Å². The fourth-order valence-electron chi connectivity index (χ4n) is 1.32. The zero-order valence-corrected chi connectivity index (χ0v) is 12.1. The molecular formula is C9H19NNdO2. The van der Waals surface area contributed by atoms with Gasteiger partial charge in [0, 0.05) is 59.5 Å². The van der Waals surface area contributed by atoms with Gasteiger partial charge < -0.3 is 4.74 Å². The summed E-state index contributed by atoms with van der Waals surface area (Å²) < 4.78 is 4.64. The van der Waals surface area contributed by atoms with Gasteiger partial charge in [-0.1, -0.05) is 0 Å². The van der Waals surface area contributed by atoms with Crippen molar-refractivity contribution in [3.05, 3.63) is 0 Å². The van der Waals surface area contributed by atoms with Crippen molar-refractivity contribution < 1.29 is 50.4 Å². The molecule has 0 aromatic heterocycles. The summed E-state index contributed by atoms with van der Waals surface area (Å²) in [5.41, 5.74) is 0.